The van der Waals surface area contributed by atoms with E-state index in [0.29, 0.717) is 5.57 Å². The Kier molecular flexibility index (Phi) is 16.4. The maximum atomic E-state index is 12.1. The standard InChI is InChI=1S/C28H46O5/c1-3-4-5-6-7-8-9-10-11-12-13-14-15-16-17-18-19-20-25-23-28(24-29,33-27(25)31)22-21-26(30)32-2/h10-11,20-22,29H,3-9,12-19,23-24H2,1-2H3/b11-10-,22-21+,25-20-/t28-/m1/s1. The zero-order valence-corrected chi connectivity index (χ0v) is 21.0. The summed E-state index contributed by atoms with van der Waals surface area (Å²) in [6.45, 7) is 1.90. The molecule has 0 spiro atoms. The highest BCUT2D eigenvalue weighted by Gasteiger charge is 2.41. The number of methoxy groups -OCH3 is 1. The van der Waals surface area contributed by atoms with Gasteiger partial charge in [0.05, 0.1) is 13.7 Å². The van der Waals surface area contributed by atoms with Crippen molar-refractivity contribution in [3.63, 3.8) is 0 Å². The molecule has 1 N–H and O–H groups in total. The molecule has 0 aromatic carbocycles. The Labute approximate surface area is 201 Å². The number of cyclic esters (lactones) is 1. The Morgan fingerprint density at radius 2 is 1.48 bits per heavy atom. The Hall–Kier alpha value is -1.88. The zero-order valence-electron chi connectivity index (χ0n) is 21.0. The number of rotatable bonds is 19. The van der Waals surface area contributed by atoms with Gasteiger partial charge in [-0.3, -0.25) is 0 Å². The number of esters is 2. The highest BCUT2D eigenvalue weighted by molar-refractivity contribution is 5.92. The van der Waals surface area contributed by atoms with Crippen LogP contribution in [0.1, 0.15) is 110 Å². The molecule has 5 nitrogen and oxygen atoms in total. The fourth-order valence-electron chi connectivity index (χ4n) is 4.03. The van der Waals surface area contributed by atoms with Gasteiger partial charge in [-0.15, -0.1) is 0 Å². The first kappa shape index (κ1) is 29.2. The van der Waals surface area contributed by atoms with Gasteiger partial charge in [0.25, 0.3) is 0 Å². The maximum Gasteiger partial charge on any atom is 0.334 e. The molecule has 0 bridgehead atoms. The molecule has 0 amide bonds. The molecule has 0 unspecified atom stereocenters. The van der Waals surface area contributed by atoms with E-state index in [2.05, 4.69) is 23.8 Å². The lowest BCUT2D eigenvalue weighted by Crippen LogP contribution is -2.30. The summed E-state index contributed by atoms with van der Waals surface area (Å²) in [6, 6.07) is 0. The fourth-order valence-corrected chi connectivity index (χ4v) is 4.03. The molecule has 1 saturated heterocycles. The molecule has 33 heavy (non-hydrogen) atoms. The topological polar surface area (TPSA) is 72.8 Å². The van der Waals surface area contributed by atoms with Gasteiger partial charge in [-0.25, -0.2) is 9.59 Å². The second-order valence-corrected chi connectivity index (χ2v) is 9.10. The van der Waals surface area contributed by atoms with E-state index in [-0.39, 0.29) is 13.0 Å². The quantitative estimate of drug-likeness (QED) is 0.0995. The predicted molar refractivity (Wildman–Crippen MR) is 134 cm³/mol. The van der Waals surface area contributed by atoms with E-state index >= 15 is 0 Å². The number of ether oxygens (including phenoxy) is 2. The number of carbonyl (C=O) groups is 2. The van der Waals surface area contributed by atoms with Crippen LogP contribution in [0.3, 0.4) is 0 Å². The number of hydrogen-bond acceptors (Lipinski definition) is 5. The van der Waals surface area contributed by atoms with Crippen LogP contribution in [-0.4, -0.2) is 36.4 Å². The van der Waals surface area contributed by atoms with Gasteiger partial charge in [0.2, 0.25) is 0 Å². The first-order chi connectivity index (χ1) is 16.1. The summed E-state index contributed by atoms with van der Waals surface area (Å²) in [5.74, 6) is -0.955. The van der Waals surface area contributed by atoms with Crippen LogP contribution in [0.4, 0.5) is 0 Å². The second kappa shape index (κ2) is 18.5. The van der Waals surface area contributed by atoms with Gasteiger partial charge in [-0.05, 0) is 44.6 Å². The average molecular weight is 463 g/mol. The van der Waals surface area contributed by atoms with Gasteiger partial charge >= 0.3 is 11.9 Å². The first-order valence-electron chi connectivity index (χ1n) is 13.0. The molecule has 5 heteroatoms. The van der Waals surface area contributed by atoms with Crippen LogP contribution in [0.25, 0.3) is 0 Å². The molecule has 188 valence electrons. The molecule has 1 rings (SSSR count). The highest BCUT2D eigenvalue weighted by atomic mass is 16.6. The van der Waals surface area contributed by atoms with Crippen LogP contribution in [0, 0.1) is 0 Å². The van der Waals surface area contributed by atoms with Crippen LogP contribution < -0.4 is 0 Å². The van der Waals surface area contributed by atoms with E-state index in [1.54, 1.807) is 0 Å². The molecule has 0 aromatic heterocycles. The van der Waals surface area contributed by atoms with Crippen molar-refractivity contribution < 1.29 is 24.2 Å². The SMILES string of the molecule is CCCCCCCC/C=C\CCCCCCCC/C=C1/C[C@](/C=C/C(=O)OC)(CO)OC1=O. The number of aliphatic hydroxyl groups excluding tert-OH is 1. The normalized spacial score (nSPS) is 19.7. The Morgan fingerprint density at radius 3 is 2.03 bits per heavy atom. The predicted octanol–water partition coefficient (Wildman–Crippen LogP) is 6.75. The first-order valence-corrected chi connectivity index (χ1v) is 13.0. The highest BCUT2D eigenvalue weighted by Crippen LogP contribution is 2.32. The van der Waals surface area contributed by atoms with Gasteiger partial charge < -0.3 is 14.6 Å². The lowest BCUT2D eigenvalue weighted by atomic mass is 9.97. The fraction of sp³-hybridized carbons (Fsp3) is 0.714. The minimum Gasteiger partial charge on any atom is -0.466 e. The van der Waals surface area contributed by atoms with Crippen molar-refractivity contribution in [2.24, 2.45) is 0 Å². The van der Waals surface area contributed by atoms with Crippen LogP contribution in [0.15, 0.2) is 36.0 Å². The van der Waals surface area contributed by atoms with Crippen LogP contribution in [0.2, 0.25) is 0 Å². The smallest absolute Gasteiger partial charge is 0.334 e. The van der Waals surface area contributed by atoms with E-state index in [1.165, 1.54) is 96.3 Å². The number of carbonyl (C=O) groups excluding carboxylic acids is 2. The lowest BCUT2D eigenvalue weighted by molar-refractivity contribution is -0.146. The summed E-state index contributed by atoms with van der Waals surface area (Å²) in [5, 5.41) is 9.65. The molecule has 0 aliphatic carbocycles. The molecule has 1 aliphatic heterocycles. The summed E-state index contributed by atoms with van der Waals surface area (Å²) in [4.78, 5) is 23.4. The van der Waals surface area contributed by atoms with Crippen molar-refractivity contribution >= 4 is 11.9 Å². The Morgan fingerprint density at radius 1 is 0.939 bits per heavy atom. The molecule has 1 heterocycles. The Balaban J connectivity index is 2.06. The number of allylic oxidation sites excluding steroid dienone is 3. The second-order valence-electron chi connectivity index (χ2n) is 9.10. The van der Waals surface area contributed by atoms with E-state index in [0.717, 1.165) is 19.3 Å². The van der Waals surface area contributed by atoms with Crippen molar-refractivity contribution in [2.45, 2.75) is 115 Å². The minimum atomic E-state index is -1.15. The largest absolute Gasteiger partial charge is 0.466 e. The number of aliphatic hydroxyl groups is 1. The molecule has 1 atom stereocenters. The third-order valence-electron chi connectivity index (χ3n) is 6.15. The number of unbranched alkanes of at least 4 members (excludes halogenated alkanes) is 13. The summed E-state index contributed by atoms with van der Waals surface area (Å²) in [6.07, 6.45) is 28.2. The van der Waals surface area contributed by atoms with Crippen LogP contribution >= 0.6 is 0 Å². The van der Waals surface area contributed by atoms with Crippen molar-refractivity contribution in [3.05, 3.63) is 36.0 Å². The van der Waals surface area contributed by atoms with E-state index < -0.39 is 17.5 Å². The summed E-state index contributed by atoms with van der Waals surface area (Å²) in [5.41, 5.74) is -0.577. The molecule has 1 aliphatic rings. The Bertz CT molecular complexity index is 634. The van der Waals surface area contributed by atoms with Gasteiger partial charge in [-0.2, -0.15) is 0 Å². The van der Waals surface area contributed by atoms with Gasteiger partial charge in [0.1, 0.15) is 0 Å². The number of hydrogen-bond donors (Lipinski definition) is 1. The molecular weight excluding hydrogens is 416 g/mol. The van der Waals surface area contributed by atoms with Crippen molar-refractivity contribution in [1.82, 2.24) is 0 Å². The third kappa shape index (κ3) is 13.4. The average Bonchev–Trinajstić information content (AvgIpc) is 3.15. The maximum absolute atomic E-state index is 12.1. The van der Waals surface area contributed by atoms with Crippen molar-refractivity contribution in [1.29, 1.82) is 0 Å². The molecule has 0 radical (unpaired) electrons. The lowest BCUT2D eigenvalue weighted by Gasteiger charge is -2.19. The summed E-state index contributed by atoms with van der Waals surface area (Å²) < 4.78 is 9.89. The summed E-state index contributed by atoms with van der Waals surface area (Å²) in [7, 11) is 1.28. The van der Waals surface area contributed by atoms with E-state index in [4.69, 9.17) is 4.74 Å². The van der Waals surface area contributed by atoms with Gasteiger partial charge in [0.15, 0.2) is 5.60 Å². The van der Waals surface area contributed by atoms with Gasteiger partial charge in [-0.1, -0.05) is 82.9 Å². The monoisotopic (exact) mass is 462 g/mol. The molecular formula is C28H46O5. The molecule has 0 saturated carbocycles. The van der Waals surface area contributed by atoms with Crippen LogP contribution in [0.5, 0.6) is 0 Å². The van der Waals surface area contributed by atoms with Gasteiger partial charge in [0, 0.05) is 18.1 Å². The third-order valence-corrected chi connectivity index (χ3v) is 6.15. The zero-order chi connectivity index (χ0) is 24.2. The van der Waals surface area contributed by atoms with E-state index in [1.807, 2.05) is 6.08 Å². The molecule has 0 aromatic rings. The minimum absolute atomic E-state index is 0.280. The van der Waals surface area contributed by atoms with Crippen molar-refractivity contribution in [2.75, 3.05) is 13.7 Å². The molecule has 1 fully saturated rings. The van der Waals surface area contributed by atoms with E-state index in [9.17, 15) is 14.7 Å². The van der Waals surface area contributed by atoms with Crippen molar-refractivity contribution in [3.8, 4) is 0 Å². The summed E-state index contributed by atoms with van der Waals surface area (Å²) >= 11 is 0. The van der Waals surface area contributed by atoms with Crippen LogP contribution in [-0.2, 0) is 19.1 Å².